The maximum Gasteiger partial charge on any atom is 0.140 e. The number of nitrogens with zero attached hydrogens (tertiary/aromatic N) is 2. The fourth-order valence-electron chi connectivity index (χ4n) is 2.87. The molecule has 2 saturated carbocycles. The van der Waals surface area contributed by atoms with Crippen LogP contribution < -0.4 is 5.32 Å². The van der Waals surface area contributed by atoms with Gasteiger partial charge in [0.2, 0.25) is 0 Å². The summed E-state index contributed by atoms with van der Waals surface area (Å²) in [7, 11) is 0. The van der Waals surface area contributed by atoms with Gasteiger partial charge in [-0.3, -0.25) is 0 Å². The maximum absolute atomic E-state index is 4.79. The summed E-state index contributed by atoms with van der Waals surface area (Å²) in [6.45, 7) is 3.05. The molecule has 2 aliphatic carbocycles. The van der Waals surface area contributed by atoms with Crippen LogP contribution in [0.4, 0.5) is 5.82 Å². The van der Waals surface area contributed by atoms with E-state index >= 15 is 0 Å². The highest BCUT2D eigenvalue weighted by atomic mass is 32.2. The molecule has 0 saturated heterocycles. The third-order valence-corrected chi connectivity index (χ3v) is 5.51. The summed E-state index contributed by atoms with van der Waals surface area (Å²) in [5.74, 6) is 3.72. The fraction of sp³-hybridized carbons (Fsp3) is 0.750. The minimum atomic E-state index is 0.703. The molecule has 0 unspecified atom stereocenters. The van der Waals surface area contributed by atoms with Gasteiger partial charge >= 0.3 is 0 Å². The molecule has 0 spiro atoms. The molecule has 1 heterocycles. The Labute approximate surface area is 126 Å². The van der Waals surface area contributed by atoms with Crippen LogP contribution >= 0.6 is 11.8 Å². The Morgan fingerprint density at radius 2 is 1.95 bits per heavy atom. The average Bonchev–Trinajstić information content (AvgIpc) is 3.31. The molecule has 20 heavy (non-hydrogen) atoms. The number of hydrogen-bond acceptors (Lipinski definition) is 4. The van der Waals surface area contributed by atoms with Crippen molar-refractivity contribution in [2.45, 2.75) is 68.8 Å². The molecule has 3 rings (SSSR count). The first-order valence-electron chi connectivity index (χ1n) is 8.08. The monoisotopic (exact) mass is 291 g/mol. The van der Waals surface area contributed by atoms with Crippen molar-refractivity contribution in [3.8, 4) is 0 Å². The second kappa shape index (κ2) is 6.79. The lowest BCUT2D eigenvalue weighted by Crippen LogP contribution is -2.10. The van der Waals surface area contributed by atoms with E-state index in [2.05, 4.69) is 35.1 Å². The van der Waals surface area contributed by atoms with E-state index in [1.165, 1.54) is 50.6 Å². The van der Waals surface area contributed by atoms with Gasteiger partial charge in [0.05, 0.1) is 5.75 Å². The van der Waals surface area contributed by atoms with Crippen LogP contribution in [0.2, 0.25) is 0 Å². The number of thioether (sulfide) groups is 1. The first-order chi connectivity index (χ1) is 9.85. The molecule has 2 fully saturated rings. The Bertz CT molecular complexity index is 439. The first kappa shape index (κ1) is 14.2. The molecule has 0 atom stereocenters. The zero-order valence-corrected chi connectivity index (χ0v) is 13.2. The van der Waals surface area contributed by atoms with Crippen LogP contribution in [0.5, 0.6) is 0 Å². The van der Waals surface area contributed by atoms with Gasteiger partial charge in [-0.15, -0.1) is 0 Å². The van der Waals surface area contributed by atoms with Crippen LogP contribution in [0.1, 0.15) is 69.3 Å². The van der Waals surface area contributed by atoms with Crippen LogP contribution in [-0.2, 0) is 5.75 Å². The molecule has 0 bridgehead atoms. The summed E-state index contributed by atoms with van der Waals surface area (Å²) >= 11 is 2.07. The first-order valence-corrected chi connectivity index (χ1v) is 9.13. The van der Waals surface area contributed by atoms with Crippen molar-refractivity contribution in [2.24, 2.45) is 0 Å². The molecule has 1 aromatic heterocycles. The lowest BCUT2D eigenvalue weighted by molar-refractivity contribution is 0.516. The van der Waals surface area contributed by atoms with E-state index in [1.54, 1.807) is 0 Å². The lowest BCUT2D eigenvalue weighted by atomic mass is 10.0. The zero-order chi connectivity index (χ0) is 13.8. The summed E-state index contributed by atoms with van der Waals surface area (Å²) < 4.78 is 0. The standard InChI is InChI=1S/C16H25N3S/c1-2-17-15-10-14(12-8-9-12)18-16(19-15)11-20-13-6-4-3-5-7-13/h10,12-13H,2-9,11H2,1H3,(H,17,18,19). The summed E-state index contributed by atoms with van der Waals surface area (Å²) in [6.07, 6.45) is 9.61. The zero-order valence-electron chi connectivity index (χ0n) is 12.4. The van der Waals surface area contributed by atoms with Crippen molar-refractivity contribution in [1.82, 2.24) is 9.97 Å². The maximum atomic E-state index is 4.79. The van der Waals surface area contributed by atoms with Crippen molar-refractivity contribution in [3.63, 3.8) is 0 Å². The SMILES string of the molecule is CCNc1cc(C2CC2)nc(CSC2CCCCC2)n1. The Hall–Kier alpha value is -0.770. The number of nitrogens with one attached hydrogen (secondary N) is 1. The quantitative estimate of drug-likeness (QED) is 0.845. The van der Waals surface area contributed by atoms with Crippen LogP contribution in [0.15, 0.2) is 6.07 Å². The van der Waals surface area contributed by atoms with E-state index in [9.17, 15) is 0 Å². The molecule has 1 N–H and O–H groups in total. The van der Waals surface area contributed by atoms with Gasteiger partial charge in [-0.1, -0.05) is 19.3 Å². The van der Waals surface area contributed by atoms with Crippen molar-refractivity contribution in [3.05, 3.63) is 17.6 Å². The molecular weight excluding hydrogens is 266 g/mol. The number of rotatable bonds is 6. The van der Waals surface area contributed by atoms with E-state index in [0.29, 0.717) is 5.92 Å². The van der Waals surface area contributed by atoms with Gasteiger partial charge in [0.15, 0.2) is 0 Å². The van der Waals surface area contributed by atoms with E-state index in [1.807, 2.05) is 0 Å². The van der Waals surface area contributed by atoms with Gasteiger partial charge in [-0.05, 0) is 32.6 Å². The van der Waals surface area contributed by atoms with E-state index in [0.717, 1.165) is 29.2 Å². The summed E-state index contributed by atoms with van der Waals surface area (Å²) in [5.41, 5.74) is 1.26. The van der Waals surface area contributed by atoms with Crippen molar-refractivity contribution in [2.75, 3.05) is 11.9 Å². The van der Waals surface area contributed by atoms with Gasteiger partial charge in [0.25, 0.3) is 0 Å². The minimum absolute atomic E-state index is 0.703. The second-order valence-electron chi connectivity index (χ2n) is 5.97. The Kier molecular flexibility index (Phi) is 4.81. The van der Waals surface area contributed by atoms with Gasteiger partial charge in [-0.2, -0.15) is 11.8 Å². The smallest absolute Gasteiger partial charge is 0.140 e. The Morgan fingerprint density at radius 3 is 2.65 bits per heavy atom. The highest BCUT2D eigenvalue weighted by molar-refractivity contribution is 7.99. The second-order valence-corrected chi connectivity index (χ2v) is 7.26. The van der Waals surface area contributed by atoms with E-state index in [4.69, 9.17) is 4.98 Å². The molecule has 0 aliphatic heterocycles. The average molecular weight is 291 g/mol. The van der Waals surface area contributed by atoms with Crippen molar-refractivity contribution in [1.29, 1.82) is 0 Å². The topological polar surface area (TPSA) is 37.8 Å². The van der Waals surface area contributed by atoms with Crippen molar-refractivity contribution < 1.29 is 0 Å². The third-order valence-electron chi connectivity index (χ3n) is 4.15. The summed E-state index contributed by atoms with van der Waals surface area (Å²) in [4.78, 5) is 9.46. The predicted molar refractivity (Wildman–Crippen MR) is 86.3 cm³/mol. The van der Waals surface area contributed by atoms with Gasteiger partial charge in [0, 0.05) is 29.5 Å². The largest absolute Gasteiger partial charge is 0.370 e. The fourth-order valence-corrected chi connectivity index (χ4v) is 4.05. The van der Waals surface area contributed by atoms with Crippen LogP contribution in [0, 0.1) is 0 Å². The summed E-state index contributed by atoms with van der Waals surface area (Å²) in [6, 6.07) is 2.15. The van der Waals surface area contributed by atoms with Gasteiger partial charge in [-0.25, -0.2) is 9.97 Å². The molecule has 0 radical (unpaired) electrons. The molecule has 1 aromatic rings. The molecule has 0 aromatic carbocycles. The highest BCUT2D eigenvalue weighted by Crippen LogP contribution is 2.40. The summed E-state index contributed by atoms with van der Waals surface area (Å²) in [5, 5.41) is 4.18. The molecule has 2 aliphatic rings. The minimum Gasteiger partial charge on any atom is -0.370 e. The Balaban J connectivity index is 1.64. The van der Waals surface area contributed by atoms with E-state index < -0.39 is 0 Å². The van der Waals surface area contributed by atoms with E-state index in [-0.39, 0.29) is 0 Å². The van der Waals surface area contributed by atoms with Crippen LogP contribution in [-0.4, -0.2) is 21.8 Å². The van der Waals surface area contributed by atoms with Gasteiger partial charge < -0.3 is 5.32 Å². The third kappa shape index (κ3) is 3.87. The molecular formula is C16H25N3S. The number of hydrogen-bond donors (Lipinski definition) is 1. The number of aromatic nitrogens is 2. The molecule has 4 heteroatoms. The van der Waals surface area contributed by atoms with Crippen molar-refractivity contribution >= 4 is 17.6 Å². The molecule has 110 valence electrons. The van der Waals surface area contributed by atoms with Crippen LogP contribution in [0.3, 0.4) is 0 Å². The van der Waals surface area contributed by atoms with Crippen LogP contribution in [0.25, 0.3) is 0 Å². The molecule has 3 nitrogen and oxygen atoms in total. The van der Waals surface area contributed by atoms with Gasteiger partial charge in [0.1, 0.15) is 11.6 Å². The molecule has 0 amide bonds. The predicted octanol–water partition coefficient (Wildman–Crippen LogP) is 4.35. The Morgan fingerprint density at radius 1 is 1.15 bits per heavy atom. The lowest BCUT2D eigenvalue weighted by Gasteiger charge is -2.20. The normalized spacial score (nSPS) is 20.1. The highest BCUT2D eigenvalue weighted by Gasteiger charge is 2.26. The number of anilines is 1.